The highest BCUT2D eigenvalue weighted by molar-refractivity contribution is 7.89. The lowest BCUT2D eigenvalue weighted by molar-refractivity contribution is -0.135. The van der Waals surface area contributed by atoms with Crippen LogP contribution in [-0.4, -0.2) is 62.2 Å². The van der Waals surface area contributed by atoms with Gasteiger partial charge in [0, 0.05) is 31.7 Å². The van der Waals surface area contributed by atoms with Crippen LogP contribution in [0.2, 0.25) is 0 Å². The van der Waals surface area contributed by atoms with Crippen molar-refractivity contribution in [2.45, 2.75) is 50.1 Å². The van der Waals surface area contributed by atoms with Crippen molar-refractivity contribution in [2.75, 3.05) is 26.7 Å². The second-order valence-corrected chi connectivity index (χ2v) is 12.4. The summed E-state index contributed by atoms with van der Waals surface area (Å²) in [7, 11) is -2.71. The van der Waals surface area contributed by atoms with Crippen molar-refractivity contribution >= 4 is 21.8 Å². The van der Waals surface area contributed by atoms with Crippen molar-refractivity contribution in [1.29, 1.82) is 0 Å². The molecule has 1 aliphatic heterocycles. The molecule has 1 fully saturated rings. The van der Waals surface area contributed by atoms with Gasteiger partial charge in [0.05, 0.1) is 18.4 Å². The standard InChI is InChI=1S/C31H35F2N3O5S/c1-21(2)24-9-7-22(8-10-24)19-34-31(38)28-20-35(29(37)18-23-5-4-6-26(17-23)41-3)15-16-36(28)42(39,40)27-13-11-25(12-14-27)30(32)33/h4-14,17,21,28,30H,15-16,18-20H2,1-3H3,(H,34,38)/t28-/m1/s1. The molecule has 3 aromatic rings. The summed E-state index contributed by atoms with van der Waals surface area (Å²) in [4.78, 5) is 28.0. The first kappa shape index (κ1) is 31.1. The summed E-state index contributed by atoms with van der Waals surface area (Å²) >= 11 is 0. The third kappa shape index (κ3) is 7.32. The number of benzene rings is 3. The predicted octanol–water partition coefficient (Wildman–Crippen LogP) is 4.52. The highest BCUT2D eigenvalue weighted by Gasteiger charge is 2.41. The SMILES string of the molecule is COc1cccc(CC(=O)N2CCN(S(=O)(=O)c3ccc(C(F)F)cc3)[C@@H](C(=O)NCc3ccc(C(C)C)cc3)C2)c1. The van der Waals surface area contributed by atoms with Crippen molar-refractivity contribution in [1.82, 2.24) is 14.5 Å². The number of amides is 2. The van der Waals surface area contributed by atoms with Gasteiger partial charge in [0.2, 0.25) is 21.8 Å². The van der Waals surface area contributed by atoms with Crippen molar-refractivity contribution in [3.8, 4) is 5.75 Å². The molecule has 0 unspecified atom stereocenters. The number of piperazine rings is 1. The quantitative estimate of drug-likeness (QED) is 0.370. The fourth-order valence-corrected chi connectivity index (χ4v) is 6.38. The number of nitrogens with zero attached hydrogens (tertiary/aromatic N) is 2. The Balaban J connectivity index is 1.55. The Morgan fingerprint density at radius 2 is 1.62 bits per heavy atom. The van der Waals surface area contributed by atoms with Crippen LogP contribution in [0.25, 0.3) is 0 Å². The van der Waals surface area contributed by atoms with E-state index in [-0.39, 0.29) is 49.0 Å². The van der Waals surface area contributed by atoms with Gasteiger partial charge in [-0.1, -0.05) is 62.4 Å². The van der Waals surface area contributed by atoms with Crippen molar-refractivity contribution in [2.24, 2.45) is 0 Å². The van der Waals surface area contributed by atoms with Crippen LogP contribution >= 0.6 is 0 Å². The maximum atomic E-state index is 13.6. The highest BCUT2D eigenvalue weighted by Crippen LogP contribution is 2.26. The first-order chi connectivity index (χ1) is 20.0. The summed E-state index contributed by atoms with van der Waals surface area (Å²) < 4.78 is 59.7. The molecule has 0 aromatic heterocycles. The molecule has 4 rings (SSSR count). The van der Waals surface area contributed by atoms with Crippen LogP contribution in [0.3, 0.4) is 0 Å². The van der Waals surface area contributed by atoms with Crippen molar-refractivity contribution < 1.29 is 31.5 Å². The Morgan fingerprint density at radius 1 is 0.952 bits per heavy atom. The normalized spacial score (nSPS) is 16.1. The van der Waals surface area contributed by atoms with E-state index in [2.05, 4.69) is 19.2 Å². The minimum Gasteiger partial charge on any atom is -0.497 e. The zero-order chi connectivity index (χ0) is 30.4. The average molecular weight is 600 g/mol. The first-order valence-electron chi connectivity index (χ1n) is 13.7. The minimum atomic E-state index is -4.24. The number of rotatable bonds is 10. The van der Waals surface area contributed by atoms with Crippen LogP contribution in [0.5, 0.6) is 5.75 Å². The molecule has 42 heavy (non-hydrogen) atoms. The molecule has 11 heteroatoms. The van der Waals surface area contributed by atoms with Crippen molar-refractivity contribution in [3.63, 3.8) is 0 Å². The molecule has 0 aliphatic carbocycles. The smallest absolute Gasteiger partial charge is 0.263 e. The number of hydrogen-bond donors (Lipinski definition) is 1. The van der Waals surface area contributed by atoms with Crippen LogP contribution in [0.15, 0.2) is 77.7 Å². The summed E-state index contributed by atoms with van der Waals surface area (Å²) in [6, 6.07) is 18.0. The molecule has 0 spiro atoms. The molecule has 224 valence electrons. The first-order valence-corrected chi connectivity index (χ1v) is 15.1. The van der Waals surface area contributed by atoms with E-state index in [1.54, 1.807) is 24.3 Å². The number of carbonyl (C=O) groups is 2. The van der Waals surface area contributed by atoms with E-state index < -0.39 is 28.4 Å². The molecular formula is C31H35F2N3O5S. The third-order valence-electron chi connectivity index (χ3n) is 7.33. The second-order valence-electron chi connectivity index (χ2n) is 10.5. The minimum absolute atomic E-state index is 0.0512. The molecule has 1 N–H and O–H groups in total. The lowest BCUT2D eigenvalue weighted by atomic mass is 10.0. The molecule has 0 saturated carbocycles. The zero-order valence-electron chi connectivity index (χ0n) is 23.8. The van der Waals surface area contributed by atoms with E-state index in [4.69, 9.17) is 4.74 Å². The summed E-state index contributed by atoms with van der Waals surface area (Å²) in [5, 5.41) is 2.82. The number of carbonyl (C=O) groups excluding carboxylic acids is 2. The van der Waals surface area contributed by atoms with Crippen LogP contribution in [0.4, 0.5) is 8.78 Å². The monoisotopic (exact) mass is 599 g/mol. The average Bonchev–Trinajstić information content (AvgIpc) is 2.99. The van der Waals surface area contributed by atoms with Gasteiger partial charge >= 0.3 is 0 Å². The molecule has 1 aliphatic rings. The van der Waals surface area contributed by atoms with E-state index in [0.717, 1.165) is 45.3 Å². The zero-order valence-corrected chi connectivity index (χ0v) is 24.6. The molecule has 2 amide bonds. The predicted molar refractivity (Wildman–Crippen MR) is 155 cm³/mol. The Hall–Kier alpha value is -3.83. The van der Waals surface area contributed by atoms with Crippen LogP contribution in [-0.2, 0) is 32.6 Å². The molecule has 1 heterocycles. The Bertz CT molecular complexity index is 1500. The van der Waals surface area contributed by atoms with Gasteiger partial charge in [-0.05, 0) is 46.9 Å². The van der Waals surface area contributed by atoms with Gasteiger partial charge in [-0.2, -0.15) is 4.31 Å². The van der Waals surface area contributed by atoms with E-state index in [1.165, 1.54) is 12.0 Å². The Kier molecular flexibility index (Phi) is 9.95. The lowest BCUT2D eigenvalue weighted by Gasteiger charge is -2.39. The van der Waals surface area contributed by atoms with E-state index >= 15 is 0 Å². The molecular weight excluding hydrogens is 564 g/mol. The van der Waals surface area contributed by atoms with E-state index in [0.29, 0.717) is 11.7 Å². The fraction of sp³-hybridized carbons (Fsp3) is 0.355. The third-order valence-corrected chi connectivity index (χ3v) is 9.25. The number of halogens is 2. The molecule has 1 saturated heterocycles. The van der Waals surface area contributed by atoms with E-state index in [9.17, 15) is 26.8 Å². The summed E-state index contributed by atoms with van der Waals surface area (Å²) in [5.74, 6) is 0.135. The molecule has 0 bridgehead atoms. The number of alkyl halides is 2. The van der Waals surface area contributed by atoms with Gasteiger partial charge in [-0.3, -0.25) is 9.59 Å². The second kappa shape index (κ2) is 13.4. The van der Waals surface area contributed by atoms with Crippen LogP contribution in [0, 0.1) is 0 Å². The largest absolute Gasteiger partial charge is 0.497 e. The number of hydrogen-bond acceptors (Lipinski definition) is 5. The van der Waals surface area contributed by atoms with Gasteiger partial charge in [0.1, 0.15) is 11.8 Å². The number of sulfonamides is 1. The number of nitrogens with one attached hydrogen (secondary N) is 1. The van der Waals surface area contributed by atoms with Gasteiger partial charge in [-0.15, -0.1) is 0 Å². The fourth-order valence-electron chi connectivity index (χ4n) is 4.81. The van der Waals surface area contributed by atoms with E-state index in [1.807, 2.05) is 24.3 Å². The Labute approximate surface area is 245 Å². The topological polar surface area (TPSA) is 96.0 Å². The Morgan fingerprint density at radius 3 is 2.24 bits per heavy atom. The van der Waals surface area contributed by atoms with Crippen molar-refractivity contribution in [3.05, 3.63) is 95.1 Å². The summed E-state index contributed by atoms with van der Waals surface area (Å²) in [5.41, 5.74) is 2.41. The van der Waals surface area contributed by atoms with Gasteiger partial charge in [-0.25, -0.2) is 17.2 Å². The number of methoxy groups -OCH3 is 1. The molecule has 8 nitrogen and oxygen atoms in total. The van der Waals surface area contributed by atoms with Crippen LogP contribution < -0.4 is 10.1 Å². The summed E-state index contributed by atoms with van der Waals surface area (Å²) in [6.45, 7) is 4.10. The molecule has 3 aromatic carbocycles. The van der Waals surface area contributed by atoms with Crippen LogP contribution in [0.1, 0.15) is 48.4 Å². The molecule has 0 radical (unpaired) electrons. The lowest BCUT2D eigenvalue weighted by Crippen LogP contribution is -2.61. The van der Waals surface area contributed by atoms with Gasteiger partial charge < -0.3 is 15.0 Å². The highest BCUT2D eigenvalue weighted by atomic mass is 32.2. The van der Waals surface area contributed by atoms with Gasteiger partial charge in [0.25, 0.3) is 6.43 Å². The maximum absolute atomic E-state index is 13.6. The molecule has 1 atom stereocenters. The number of ether oxygens (including phenoxy) is 1. The summed E-state index contributed by atoms with van der Waals surface area (Å²) in [6.07, 6.45) is -2.69. The van der Waals surface area contributed by atoms with Gasteiger partial charge in [0.15, 0.2) is 0 Å². The maximum Gasteiger partial charge on any atom is 0.263 e.